The average molecular weight is 335 g/mol. The van der Waals surface area contributed by atoms with Gasteiger partial charge in [0.25, 0.3) is 0 Å². The molecule has 0 heterocycles. The summed E-state index contributed by atoms with van der Waals surface area (Å²) < 4.78 is 0. The van der Waals surface area contributed by atoms with Crippen molar-refractivity contribution in [1.82, 2.24) is 0 Å². The van der Waals surface area contributed by atoms with Gasteiger partial charge in [0, 0.05) is 5.56 Å². The molecule has 1 rings (SSSR count). The Hall–Kier alpha value is -1.18. The maximum atomic E-state index is 9.90. The summed E-state index contributed by atoms with van der Waals surface area (Å²) >= 11 is 0. The van der Waals surface area contributed by atoms with Crippen LogP contribution in [0.2, 0.25) is 0 Å². The number of phenolic OH excluding ortho intramolecular Hbond substituents is 2. The van der Waals surface area contributed by atoms with Crippen molar-refractivity contribution in [2.24, 2.45) is 5.92 Å². The summed E-state index contributed by atoms with van der Waals surface area (Å²) in [5.41, 5.74) is 0.716. The lowest BCUT2D eigenvalue weighted by Crippen LogP contribution is -2.02. The highest BCUT2D eigenvalue weighted by Gasteiger charge is 2.11. The lowest BCUT2D eigenvalue weighted by molar-refractivity contribution is 0.371. The predicted molar refractivity (Wildman–Crippen MR) is 104 cm³/mol. The van der Waals surface area contributed by atoms with Gasteiger partial charge in [-0.1, -0.05) is 90.5 Å². The van der Waals surface area contributed by atoms with Crippen molar-refractivity contribution >= 4 is 0 Å². The lowest BCUT2D eigenvalue weighted by Gasteiger charge is -2.17. The number of phenols is 2. The Kier molecular flexibility index (Phi) is 11.4. The van der Waals surface area contributed by atoms with Crippen LogP contribution in [0.25, 0.3) is 0 Å². The molecule has 0 aliphatic heterocycles. The highest BCUT2D eigenvalue weighted by Crippen LogP contribution is 2.30. The predicted octanol–water partition coefficient (Wildman–Crippen LogP) is 6.98. The third-order valence-electron chi connectivity index (χ3n) is 5.10. The third kappa shape index (κ3) is 8.61. The van der Waals surface area contributed by atoms with Crippen LogP contribution in [0.4, 0.5) is 0 Å². The van der Waals surface area contributed by atoms with Gasteiger partial charge in [0.05, 0.1) is 0 Å². The van der Waals surface area contributed by atoms with E-state index in [4.69, 9.17) is 0 Å². The van der Waals surface area contributed by atoms with E-state index in [0.717, 1.165) is 18.8 Å². The fourth-order valence-electron chi connectivity index (χ4n) is 3.54. The summed E-state index contributed by atoms with van der Waals surface area (Å²) in [6.45, 7) is 4.53. The van der Waals surface area contributed by atoms with Crippen LogP contribution in [0.3, 0.4) is 0 Å². The number of rotatable bonds is 14. The molecular formula is C22H38O2. The third-order valence-corrected chi connectivity index (χ3v) is 5.10. The molecule has 0 unspecified atom stereocenters. The van der Waals surface area contributed by atoms with Crippen molar-refractivity contribution in [3.63, 3.8) is 0 Å². The molecule has 0 saturated carbocycles. The Morgan fingerprint density at radius 3 is 1.71 bits per heavy atom. The molecular weight excluding hydrogens is 296 g/mol. The van der Waals surface area contributed by atoms with E-state index in [9.17, 15) is 10.2 Å². The van der Waals surface area contributed by atoms with Crippen molar-refractivity contribution in [2.75, 3.05) is 0 Å². The fourth-order valence-corrected chi connectivity index (χ4v) is 3.54. The topological polar surface area (TPSA) is 40.5 Å². The van der Waals surface area contributed by atoms with Gasteiger partial charge < -0.3 is 10.2 Å². The fraction of sp³-hybridized carbons (Fsp3) is 0.727. The van der Waals surface area contributed by atoms with E-state index in [1.54, 1.807) is 18.2 Å². The van der Waals surface area contributed by atoms with Crippen molar-refractivity contribution in [2.45, 2.75) is 97.3 Å². The van der Waals surface area contributed by atoms with Gasteiger partial charge in [0.2, 0.25) is 0 Å². The first-order valence-electron chi connectivity index (χ1n) is 10.2. The number of hydrogen-bond acceptors (Lipinski definition) is 2. The van der Waals surface area contributed by atoms with Gasteiger partial charge in [-0.3, -0.25) is 0 Å². The molecule has 0 aromatic heterocycles. The van der Waals surface area contributed by atoms with Crippen LogP contribution in [-0.4, -0.2) is 10.2 Å². The highest BCUT2D eigenvalue weighted by molar-refractivity contribution is 5.42. The van der Waals surface area contributed by atoms with Crippen LogP contribution < -0.4 is 0 Å². The average Bonchev–Trinajstić information content (AvgIpc) is 2.57. The van der Waals surface area contributed by atoms with Crippen LogP contribution in [0.15, 0.2) is 18.2 Å². The summed E-state index contributed by atoms with van der Waals surface area (Å²) in [5.74, 6) is 1.28. The second kappa shape index (κ2) is 13.1. The first-order chi connectivity index (χ1) is 11.7. The molecule has 0 bridgehead atoms. The zero-order chi connectivity index (χ0) is 17.6. The minimum Gasteiger partial charge on any atom is -0.508 e. The van der Waals surface area contributed by atoms with Gasteiger partial charge >= 0.3 is 0 Å². The zero-order valence-corrected chi connectivity index (χ0v) is 15.9. The smallest absolute Gasteiger partial charge is 0.122 e. The number of hydrogen-bond donors (Lipinski definition) is 2. The molecule has 1 aromatic carbocycles. The van der Waals surface area contributed by atoms with E-state index in [1.807, 2.05) is 0 Å². The molecule has 0 atom stereocenters. The first-order valence-corrected chi connectivity index (χ1v) is 10.2. The maximum Gasteiger partial charge on any atom is 0.122 e. The standard InChI is InChI=1S/C22H38O2/c1-3-5-7-9-13-19(14-10-8-6-4-2)15-11-16-20-21(23)17-12-18-22(20)24/h12,17-19,23-24H,3-11,13-16H2,1-2H3. The second-order valence-corrected chi connectivity index (χ2v) is 7.23. The summed E-state index contributed by atoms with van der Waals surface area (Å²) in [7, 11) is 0. The Morgan fingerprint density at radius 1 is 0.708 bits per heavy atom. The van der Waals surface area contributed by atoms with Crippen LogP contribution >= 0.6 is 0 Å². The van der Waals surface area contributed by atoms with Crippen LogP contribution in [0, 0.1) is 5.92 Å². The molecule has 0 fully saturated rings. The molecule has 0 aliphatic carbocycles. The molecule has 0 spiro atoms. The summed E-state index contributed by atoms with van der Waals surface area (Å²) in [4.78, 5) is 0. The monoisotopic (exact) mass is 334 g/mol. The Balaban J connectivity index is 2.38. The first kappa shape index (κ1) is 20.9. The van der Waals surface area contributed by atoms with Crippen molar-refractivity contribution in [1.29, 1.82) is 0 Å². The molecule has 1 aromatic rings. The molecule has 2 N–H and O–H groups in total. The van der Waals surface area contributed by atoms with Crippen molar-refractivity contribution in [3.05, 3.63) is 23.8 Å². The summed E-state index contributed by atoms with van der Waals surface area (Å²) in [5, 5.41) is 19.8. The minimum absolute atomic E-state index is 0.234. The van der Waals surface area contributed by atoms with Gasteiger partial charge in [0.15, 0.2) is 0 Å². The van der Waals surface area contributed by atoms with Crippen LogP contribution in [0.5, 0.6) is 11.5 Å². The van der Waals surface area contributed by atoms with Crippen molar-refractivity contribution < 1.29 is 10.2 Å². The van der Waals surface area contributed by atoms with E-state index in [1.165, 1.54) is 70.6 Å². The van der Waals surface area contributed by atoms with Gasteiger partial charge in [-0.2, -0.15) is 0 Å². The number of unbranched alkanes of at least 4 members (excludes halogenated alkanes) is 6. The van der Waals surface area contributed by atoms with E-state index in [2.05, 4.69) is 13.8 Å². The number of benzene rings is 1. The van der Waals surface area contributed by atoms with Crippen molar-refractivity contribution in [3.8, 4) is 11.5 Å². The zero-order valence-electron chi connectivity index (χ0n) is 15.9. The molecule has 0 aliphatic rings. The molecule has 0 amide bonds. The Labute approximate surface area is 149 Å². The molecule has 0 saturated heterocycles. The molecule has 2 nitrogen and oxygen atoms in total. The van der Waals surface area contributed by atoms with E-state index < -0.39 is 0 Å². The van der Waals surface area contributed by atoms with Gasteiger partial charge in [0.1, 0.15) is 11.5 Å². The van der Waals surface area contributed by atoms with E-state index in [0.29, 0.717) is 5.56 Å². The summed E-state index contributed by atoms with van der Waals surface area (Å²) in [6, 6.07) is 5.03. The lowest BCUT2D eigenvalue weighted by atomic mass is 9.89. The highest BCUT2D eigenvalue weighted by atomic mass is 16.3. The van der Waals surface area contributed by atoms with Gasteiger partial charge in [-0.15, -0.1) is 0 Å². The number of aromatic hydroxyl groups is 2. The molecule has 2 heteroatoms. The van der Waals surface area contributed by atoms with Gasteiger partial charge in [-0.25, -0.2) is 0 Å². The van der Waals surface area contributed by atoms with Crippen LogP contribution in [0.1, 0.15) is 96.5 Å². The molecule has 138 valence electrons. The second-order valence-electron chi connectivity index (χ2n) is 7.23. The van der Waals surface area contributed by atoms with Gasteiger partial charge in [-0.05, 0) is 30.9 Å². The normalized spacial score (nSPS) is 11.3. The summed E-state index contributed by atoms with van der Waals surface area (Å²) in [6.07, 6.45) is 16.5. The minimum atomic E-state index is 0.234. The maximum absolute atomic E-state index is 9.90. The molecule has 0 radical (unpaired) electrons. The quantitative estimate of drug-likeness (QED) is 0.360. The Morgan fingerprint density at radius 2 is 1.21 bits per heavy atom. The van der Waals surface area contributed by atoms with Crippen LogP contribution in [-0.2, 0) is 6.42 Å². The molecule has 24 heavy (non-hydrogen) atoms. The van der Waals surface area contributed by atoms with E-state index >= 15 is 0 Å². The largest absolute Gasteiger partial charge is 0.508 e. The van der Waals surface area contributed by atoms with E-state index in [-0.39, 0.29) is 11.5 Å². The SMILES string of the molecule is CCCCCCC(CCCCCC)CCCc1c(O)cccc1O. The Bertz CT molecular complexity index is 396.